The zero-order valence-corrected chi connectivity index (χ0v) is 35.6. The summed E-state index contributed by atoms with van der Waals surface area (Å²) < 4.78 is 1.45. The van der Waals surface area contributed by atoms with Crippen molar-refractivity contribution in [1.82, 2.24) is 0 Å². The summed E-state index contributed by atoms with van der Waals surface area (Å²) in [5.74, 6) is 0. The van der Waals surface area contributed by atoms with Crippen molar-refractivity contribution in [2.24, 2.45) is 0 Å². The van der Waals surface area contributed by atoms with Gasteiger partial charge in [0.25, 0.3) is 0 Å². The first kappa shape index (κ1) is 39.5. The molecule has 0 saturated heterocycles. The van der Waals surface area contributed by atoms with E-state index in [0.29, 0.717) is 0 Å². The fourth-order valence-electron chi connectivity index (χ4n) is 7.00. The summed E-state index contributed by atoms with van der Waals surface area (Å²) >= 11 is 7.34. The van der Waals surface area contributed by atoms with Gasteiger partial charge < -0.3 is 0 Å². The molecule has 6 aromatic carbocycles. The van der Waals surface area contributed by atoms with Crippen molar-refractivity contribution >= 4 is 14.8 Å². The number of rotatable bonds is 5. The summed E-state index contributed by atoms with van der Waals surface area (Å²) in [6, 6.07) is 51.5. The van der Waals surface area contributed by atoms with Crippen molar-refractivity contribution in [1.29, 1.82) is 0 Å². The third-order valence-electron chi connectivity index (χ3n) is 9.83. The number of hydrogen-bond donors (Lipinski definition) is 0. The van der Waals surface area contributed by atoms with Crippen LogP contribution < -0.4 is 0 Å². The minimum absolute atomic E-state index is 0.0380. The predicted molar refractivity (Wildman–Crippen MR) is 229 cm³/mol. The van der Waals surface area contributed by atoms with Gasteiger partial charge in [-0.1, -0.05) is 131 Å². The SMILES string of the molecule is CC(C)(C)c1cc2c([c-]c1-c1ccccc1)Cc1cc(-c3ccccc3)c(C(C)(C)C)cc1-2.Clc1ccc([C](=[Zr+2])Cc2ccccc2)cc1.[C-]1=CC=CC1. The second-order valence-corrected chi connectivity index (χ2v) is 18.0. The molecular formula is C52H49ClZr. The van der Waals surface area contributed by atoms with Crippen LogP contribution in [0.2, 0.25) is 5.02 Å². The van der Waals surface area contributed by atoms with Gasteiger partial charge in [0.15, 0.2) is 0 Å². The van der Waals surface area contributed by atoms with Crippen LogP contribution in [0.25, 0.3) is 33.4 Å². The molecule has 2 heteroatoms. The molecule has 0 N–H and O–H groups in total. The normalized spacial score (nSPS) is 12.6. The number of fused-ring (bicyclic) bond motifs is 3. The molecule has 2 aliphatic rings. The number of benzene rings is 6. The fourth-order valence-corrected chi connectivity index (χ4v) is 8.03. The Labute approximate surface area is 344 Å². The minimum Gasteiger partial charge on any atom is -0.273 e. The smallest absolute Gasteiger partial charge is 0.109 e. The molecule has 0 bridgehead atoms. The topological polar surface area (TPSA) is 0 Å². The van der Waals surface area contributed by atoms with Crippen LogP contribution in [-0.2, 0) is 47.9 Å². The van der Waals surface area contributed by atoms with E-state index in [1.165, 1.54) is 94.2 Å². The van der Waals surface area contributed by atoms with Gasteiger partial charge in [0.1, 0.15) is 0 Å². The molecule has 54 heavy (non-hydrogen) atoms. The van der Waals surface area contributed by atoms with Gasteiger partial charge >= 0.3 is 116 Å². The molecule has 0 amide bonds. The van der Waals surface area contributed by atoms with E-state index in [1.807, 2.05) is 24.3 Å². The molecule has 0 radical (unpaired) electrons. The molecule has 2 aliphatic carbocycles. The van der Waals surface area contributed by atoms with Crippen LogP contribution in [0.1, 0.15) is 81.3 Å². The molecule has 0 unspecified atom stereocenters. The third kappa shape index (κ3) is 9.93. The molecule has 0 atom stereocenters. The van der Waals surface area contributed by atoms with Gasteiger partial charge in [0.2, 0.25) is 0 Å². The first-order valence-electron chi connectivity index (χ1n) is 18.9. The Balaban J connectivity index is 0.000000195. The first-order chi connectivity index (χ1) is 25.9. The summed E-state index contributed by atoms with van der Waals surface area (Å²) in [5.41, 5.74) is 16.2. The van der Waals surface area contributed by atoms with Crippen LogP contribution in [-0.4, -0.2) is 3.21 Å². The second kappa shape index (κ2) is 17.5. The maximum atomic E-state index is 5.87. The van der Waals surface area contributed by atoms with Crippen LogP contribution in [0.3, 0.4) is 0 Å². The first-order valence-corrected chi connectivity index (χ1v) is 20.5. The average molecular weight is 801 g/mol. The summed E-state index contributed by atoms with van der Waals surface area (Å²) in [6.07, 6.45) is 12.0. The summed E-state index contributed by atoms with van der Waals surface area (Å²) in [6.45, 7) is 13.9. The van der Waals surface area contributed by atoms with Gasteiger partial charge in [-0.25, -0.2) is 12.2 Å². The minimum atomic E-state index is 0.0380. The van der Waals surface area contributed by atoms with E-state index < -0.39 is 0 Å². The van der Waals surface area contributed by atoms with Crippen LogP contribution >= 0.6 is 11.6 Å². The molecule has 0 saturated carbocycles. The van der Waals surface area contributed by atoms with E-state index in [9.17, 15) is 0 Å². The zero-order chi connectivity index (χ0) is 38.3. The third-order valence-corrected chi connectivity index (χ3v) is 11.2. The maximum absolute atomic E-state index is 5.87. The largest absolute Gasteiger partial charge is 0.273 e. The number of allylic oxidation sites excluding steroid dienone is 4. The Morgan fingerprint density at radius 1 is 0.648 bits per heavy atom. The van der Waals surface area contributed by atoms with Crippen LogP contribution in [0, 0.1) is 12.1 Å². The molecule has 0 spiro atoms. The molecule has 0 heterocycles. The van der Waals surface area contributed by atoms with Crippen LogP contribution in [0.4, 0.5) is 0 Å². The Morgan fingerprint density at radius 3 is 1.76 bits per heavy atom. The van der Waals surface area contributed by atoms with Crippen molar-refractivity contribution in [2.45, 2.75) is 71.6 Å². The monoisotopic (exact) mass is 798 g/mol. The van der Waals surface area contributed by atoms with Gasteiger partial charge in [-0.2, -0.15) is 6.08 Å². The molecule has 0 nitrogen and oxygen atoms in total. The van der Waals surface area contributed by atoms with Gasteiger partial charge in [-0.05, 0) is 39.5 Å². The summed E-state index contributed by atoms with van der Waals surface area (Å²) in [7, 11) is 0. The van der Waals surface area contributed by atoms with E-state index in [-0.39, 0.29) is 10.8 Å². The quantitative estimate of drug-likeness (QED) is 0.152. The van der Waals surface area contributed by atoms with Crippen LogP contribution in [0.5, 0.6) is 0 Å². The van der Waals surface area contributed by atoms with Gasteiger partial charge in [-0.15, -0.1) is 35.2 Å². The average Bonchev–Trinajstić information content (AvgIpc) is 3.87. The van der Waals surface area contributed by atoms with Crippen molar-refractivity contribution in [3.63, 3.8) is 0 Å². The summed E-state index contributed by atoms with van der Waals surface area (Å²) in [4.78, 5) is 0. The number of halogens is 1. The fraction of sp³-hybridized carbons (Fsp3) is 0.212. The van der Waals surface area contributed by atoms with E-state index >= 15 is 0 Å². The standard InChI is InChI=1S/C33H33.C14H11Cl.C5H5.Zr/c1-32(2,3)30-20-26-24(18-28(30)22-13-9-7-10-14-22)17-25-19-29(23-15-11-8-12-16-23)31(21-27(25)26)33(4,5)6;15-14-10-8-13(9-11-14)7-6-12-4-2-1-3-5-12;1-2-4-5-3-1;/h7-16,18,20-21H,17H2,1-6H3;1-5,8-11H,6H2;1-3H,4H2;/q-1;;-1;+2. The molecule has 268 valence electrons. The maximum Gasteiger partial charge on any atom is -0.109 e. The van der Waals surface area contributed by atoms with E-state index in [1.54, 1.807) is 0 Å². The van der Waals surface area contributed by atoms with E-state index in [4.69, 9.17) is 11.6 Å². The molecule has 8 rings (SSSR count). The zero-order valence-electron chi connectivity index (χ0n) is 32.4. The van der Waals surface area contributed by atoms with Crippen molar-refractivity contribution in [3.8, 4) is 33.4 Å². The Hall–Kier alpha value is -4.16. The molecule has 6 aromatic rings. The van der Waals surface area contributed by atoms with Crippen molar-refractivity contribution < 1.29 is 24.2 Å². The molecule has 0 aromatic heterocycles. The molecule has 0 fully saturated rings. The molecular weight excluding hydrogens is 751 g/mol. The Kier molecular flexibility index (Phi) is 12.8. The Bertz CT molecular complexity index is 2130. The molecule has 0 aliphatic heterocycles. The second-order valence-electron chi connectivity index (χ2n) is 16.1. The van der Waals surface area contributed by atoms with Gasteiger partial charge in [0.05, 0.1) is 0 Å². The van der Waals surface area contributed by atoms with Gasteiger partial charge in [-0.3, -0.25) is 6.08 Å². The van der Waals surface area contributed by atoms with Gasteiger partial charge in [0, 0.05) is 0 Å². The van der Waals surface area contributed by atoms with E-state index in [0.717, 1.165) is 24.3 Å². The predicted octanol–water partition coefficient (Wildman–Crippen LogP) is 13.9. The Morgan fingerprint density at radius 2 is 1.22 bits per heavy atom. The van der Waals surface area contributed by atoms with Crippen LogP contribution in [0.15, 0.2) is 152 Å². The summed E-state index contributed by atoms with van der Waals surface area (Å²) in [5, 5.41) is 0.798. The number of hydrogen-bond acceptors (Lipinski definition) is 0. The van der Waals surface area contributed by atoms with E-state index in [2.05, 4.69) is 181 Å². The van der Waals surface area contributed by atoms with Crippen molar-refractivity contribution in [3.05, 3.63) is 202 Å². The van der Waals surface area contributed by atoms with Crippen molar-refractivity contribution in [2.75, 3.05) is 0 Å².